The molecule has 0 fully saturated rings. The van der Waals surface area contributed by atoms with Crippen molar-refractivity contribution in [3.05, 3.63) is 47.8 Å². The third kappa shape index (κ3) is 4.66. The highest BCUT2D eigenvalue weighted by atomic mass is 16.3. The van der Waals surface area contributed by atoms with Crippen LogP contribution in [0.2, 0.25) is 0 Å². The molecule has 0 saturated carbocycles. The fourth-order valence-corrected chi connectivity index (χ4v) is 2.67. The van der Waals surface area contributed by atoms with Crippen LogP contribution in [-0.4, -0.2) is 33.9 Å². The SMILES string of the molecule is CCCC(CCO)CNC(=O)c1cnn(-c2ccccc2C)c1. The molecular weight excluding hydrogens is 290 g/mol. The normalized spacial score (nSPS) is 12.1. The molecule has 0 saturated heterocycles. The molecule has 23 heavy (non-hydrogen) atoms. The first kappa shape index (κ1) is 17.2. The fourth-order valence-electron chi connectivity index (χ4n) is 2.67. The summed E-state index contributed by atoms with van der Waals surface area (Å²) in [5.41, 5.74) is 2.62. The summed E-state index contributed by atoms with van der Waals surface area (Å²) in [7, 11) is 0. The zero-order chi connectivity index (χ0) is 16.7. The van der Waals surface area contributed by atoms with Gasteiger partial charge in [0.1, 0.15) is 0 Å². The van der Waals surface area contributed by atoms with Crippen LogP contribution in [0, 0.1) is 12.8 Å². The number of hydrogen-bond donors (Lipinski definition) is 2. The molecule has 1 aromatic carbocycles. The van der Waals surface area contributed by atoms with E-state index in [9.17, 15) is 4.79 Å². The van der Waals surface area contributed by atoms with Gasteiger partial charge in [0.05, 0.1) is 17.4 Å². The van der Waals surface area contributed by atoms with Crippen molar-refractivity contribution in [3.8, 4) is 5.69 Å². The second-order valence-corrected chi connectivity index (χ2v) is 5.84. The molecule has 1 unspecified atom stereocenters. The lowest BCUT2D eigenvalue weighted by Crippen LogP contribution is -2.29. The smallest absolute Gasteiger partial charge is 0.254 e. The van der Waals surface area contributed by atoms with Gasteiger partial charge in [-0.25, -0.2) is 4.68 Å². The van der Waals surface area contributed by atoms with Gasteiger partial charge in [0.15, 0.2) is 0 Å². The average molecular weight is 315 g/mol. The third-order valence-electron chi connectivity index (χ3n) is 3.99. The van der Waals surface area contributed by atoms with Crippen molar-refractivity contribution < 1.29 is 9.90 Å². The molecule has 1 amide bonds. The number of amides is 1. The summed E-state index contributed by atoms with van der Waals surface area (Å²) in [4.78, 5) is 12.3. The van der Waals surface area contributed by atoms with E-state index < -0.39 is 0 Å². The average Bonchev–Trinajstić information content (AvgIpc) is 3.03. The largest absolute Gasteiger partial charge is 0.396 e. The van der Waals surface area contributed by atoms with Crippen LogP contribution in [-0.2, 0) is 0 Å². The Bertz CT molecular complexity index is 631. The third-order valence-corrected chi connectivity index (χ3v) is 3.99. The molecule has 0 spiro atoms. The molecule has 5 heteroatoms. The Balaban J connectivity index is 2.00. The van der Waals surface area contributed by atoms with E-state index in [1.165, 1.54) is 0 Å². The number of aryl methyl sites for hydroxylation is 1. The summed E-state index contributed by atoms with van der Waals surface area (Å²) in [5.74, 6) is 0.198. The van der Waals surface area contributed by atoms with Gasteiger partial charge in [-0.3, -0.25) is 4.79 Å². The Hall–Kier alpha value is -2.14. The topological polar surface area (TPSA) is 67.2 Å². The Morgan fingerprint density at radius 2 is 2.13 bits per heavy atom. The molecule has 0 aliphatic carbocycles. The van der Waals surface area contributed by atoms with Gasteiger partial charge in [0.25, 0.3) is 5.91 Å². The van der Waals surface area contributed by atoms with Gasteiger partial charge < -0.3 is 10.4 Å². The van der Waals surface area contributed by atoms with Crippen LogP contribution >= 0.6 is 0 Å². The quantitative estimate of drug-likeness (QED) is 0.787. The standard InChI is InChI=1S/C18H25N3O2/c1-3-6-15(9-10-22)11-19-18(23)16-12-20-21(13-16)17-8-5-4-7-14(17)2/h4-5,7-8,12-13,15,22H,3,6,9-11H2,1-2H3,(H,19,23). The van der Waals surface area contributed by atoms with E-state index in [-0.39, 0.29) is 12.5 Å². The predicted octanol–water partition coefficient (Wildman–Crippen LogP) is 2.71. The second-order valence-electron chi connectivity index (χ2n) is 5.84. The molecule has 5 nitrogen and oxygen atoms in total. The highest BCUT2D eigenvalue weighted by Crippen LogP contribution is 2.14. The molecule has 2 aromatic rings. The minimum absolute atomic E-state index is 0.121. The Labute approximate surface area is 137 Å². The molecule has 1 atom stereocenters. The van der Waals surface area contributed by atoms with Crippen LogP contribution in [0.15, 0.2) is 36.7 Å². The van der Waals surface area contributed by atoms with E-state index in [0.717, 1.165) is 30.5 Å². The summed E-state index contributed by atoms with van der Waals surface area (Å²) in [6.07, 6.45) is 6.10. The lowest BCUT2D eigenvalue weighted by atomic mass is 10.0. The van der Waals surface area contributed by atoms with Crippen LogP contribution in [0.4, 0.5) is 0 Å². The molecule has 1 heterocycles. The lowest BCUT2D eigenvalue weighted by Gasteiger charge is -2.15. The van der Waals surface area contributed by atoms with Crippen molar-refractivity contribution in [2.24, 2.45) is 5.92 Å². The van der Waals surface area contributed by atoms with E-state index in [0.29, 0.717) is 18.0 Å². The fraction of sp³-hybridized carbons (Fsp3) is 0.444. The van der Waals surface area contributed by atoms with Crippen LogP contribution in [0.5, 0.6) is 0 Å². The number of nitrogens with zero attached hydrogens (tertiary/aromatic N) is 2. The molecule has 0 bridgehead atoms. The molecule has 0 aliphatic heterocycles. The maximum Gasteiger partial charge on any atom is 0.254 e. The number of benzene rings is 1. The molecular formula is C18H25N3O2. The van der Waals surface area contributed by atoms with E-state index in [2.05, 4.69) is 17.3 Å². The summed E-state index contributed by atoms with van der Waals surface area (Å²) in [6.45, 7) is 4.87. The van der Waals surface area contributed by atoms with Gasteiger partial charge in [0, 0.05) is 19.3 Å². The van der Waals surface area contributed by atoms with Gasteiger partial charge in [-0.2, -0.15) is 5.10 Å². The van der Waals surface area contributed by atoms with Crippen molar-refractivity contribution in [2.45, 2.75) is 33.1 Å². The first-order valence-corrected chi connectivity index (χ1v) is 8.15. The second kappa shape index (κ2) is 8.48. The van der Waals surface area contributed by atoms with E-state index >= 15 is 0 Å². The van der Waals surface area contributed by atoms with Crippen molar-refractivity contribution in [1.29, 1.82) is 0 Å². The van der Waals surface area contributed by atoms with E-state index in [4.69, 9.17) is 5.11 Å². The summed E-state index contributed by atoms with van der Waals surface area (Å²) >= 11 is 0. The van der Waals surface area contributed by atoms with Gasteiger partial charge in [0.2, 0.25) is 0 Å². The van der Waals surface area contributed by atoms with Crippen molar-refractivity contribution >= 4 is 5.91 Å². The first-order chi connectivity index (χ1) is 11.2. The number of carbonyl (C=O) groups is 1. The number of nitrogens with one attached hydrogen (secondary N) is 1. The van der Waals surface area contributed by atoms with Crippen LogP contribution in [0.1, 0.15) is 42.1 Å². The zero-order valence-corrected chi connectivity index (χ0v) is 13.8. The Morgan fingerprint density at radius 3 is 2.83 bits per heavy atom. The maximum absolute atomic E-state index is 12.3. The minimum Gasteiger partial charge on any atom is -0.396 e. The van der Waals surface area contributed by atoms with Crippen molar-refractivity contribution in [1.82, 2.24) is 15.1 Å². The highest BCUT2D eigenvalue weighted by molar-refractivity contribution is 5.93. The summed E-state index contributed by atoms with van der Waals surface area (Å²) in [6, 6.07) is 7.92. The molecule has 0 aliphatic rings. The van der Waals surface area contributed by atoms with E-state index in [1.807, 2.05) is 31.2 Å². The van der Waals surface area contributed by atoms with Gasteiger partial charge in [-0.15, -0.1) is 0 Å². The molecule has 0 radical (unpaired) electrons. The minimum atomic E-state index is -0.121. The van der Waals surface area contributed by atoms with Crippen LogP contribution < -0.4 is 5.32 Å². The molecule has 2 rings (SSSR count). The number of aromatic nitrogens is 2. The number of para-hydroxylation sites is 1. The van der Waals surface area contributed by atoms with Crippen molar-refractivity contribution in [2.75, 3.05) is 13.2 Å². The number of hydrogen-bond acceptors (Lipinski definition) is 3. The summed E-state index contributed by atoms with van der Waals surface area (Å²) < 4.78 is 1.72. The summed E-state index contributed by atoms with van der Waals surface area (Å²) in [5, 5.41) is 16.3. The zero-order valence-electron chi connectivity index (χ0n) is 13.8. The monoisotopic (exact) mass is 315 g/mol. The highest BCUT2D eigenvalue weighted by Gasteiger charge is 2.13. The Kier molecular flexibility index (Phi) is 6.35. The van der Waals surface area contributed by atoms with Crippen LogP contribution in [0.25, 0.3) is 5.69 Å². The molecule has 1 aromatic heterocycles. The predicted molar refractivity (Wildman–Crippen MR) is 90.7 cm³/mol. The lowest BCUT2D eigenvalue weighted by molar-refractivity contribution is 0.0943. The number of carbonyl (C=O) groups excluding carboxylic acids is 1. The molecule has 2 N–H and O–H groups in total. The maximum atomic E-state index is 12.3. The van der Waals surface area contributed by atoms with Crippen LogP contribution in [0.3, 0.4) is 0 Å². The number of aliphatic hydroxyl groups excluding tert-OH is 1. The first-order valence-electron chi connectivity index (χ1n) is 8.15. The van der Waals surface area contributed by atoms with Gasteiger partial charge in [-0.1, -0.05) is 31.5 Å². The van der Waals surface area contributed by atoms with Gasteiger partial charge >= 0.3 is 0 Å². The number of aliphatic hydroxyl groups is 1. The molecule has 124 valence electrons. The van der Waals surface area contributed by atoms with Crippen molar-refractivity contribution in [3.63, 3.8) is 0 Å². The van der Waals surface area contributed by atoms with Gasteiger partial charge in [-0.05, 0) is 37.3 Å². The van der Waals surface area contributed by atoms with E-state index in [1.54, 1.807) is 17.1 Å². The Morgan fingerprint density at radius 1 is 1.35 bits per heavy atom. The number of rotatable bonds is 8.